The summed E-state index contributed by atoms with van der Waals surface area (Å²) in [7, 11) is 0. The number of carbonyl (C=O) groups is 1. The van der Waals surface area contributed by atoms with E-state index in [2.05, 4.69) is 56.3 Å². The zero-order valence-corrected chi connectivity index (χ0v) is 20.5. The van der Waals surface area contributed by atoms with Gasteiger partial charge in [-0.1, -0.05) is 105 Å². The van der Waals surface area contributed by atoms with Gasteiger partial charge < -0.3 is 10.1 Å². The lowest BCUT2D eigenvalue weighted by Crippen LogP contribution is -2.25. The molecule has 0 aliphatic rings. The van der Waals surface area contributed by atoms with Crippen LogP contribution >= 0.6 is 0 Å². The van der Waals surface area contributed by atoms with Gasteiger partial charge in [-0.3, -0.25) is 0 Å². The Kier molecular flexibility index (Phi) is 9.61. The Morgan fingerprint density at radius 3 is 2.19 bits per heavy atom. The third-order valence-electron chi connectivity index (χ3n) is 6.15. The molecule has 36 heavy (non-hydrogen) atoms. The van der Waals surface area contributed by atoms with Crippen molar-refractivity contribution in [3.8, 4) is 22.5 Å². The number of unbranched alkanes of at least 4 members (excludes halogenated alkanes) is 5. The summed E-state index contributed by atoms with van der Waals surface area (Å²) in [6.07, 6.45) is 7.64. The smallest absolute Gasteiger partial charge is 0.407 e. The van der Waals surface area contributed by atoms with Crippen molar-refractivity contribution in [1.82, 2.24) is 25.9 Å². The van der Waals surface area contributed by atoms with Gasteiger partial charge in [0.25, 0.3) is 0 Å². The number of benzene rings is 3. The largest absolute Gasteiger partial charge is 0.445 e. The van der Waals surface area contributed by atoms with E-state index in [-0.39, 0.29) is 6.09 Å². The summed E-state index contributed by atoms with van der Waals surface area (Å²) in [4.78, 5) is 11.8. The molecule has 2 N–H and O–H groups in total. The average Bonchev–Trinajstić information content (AvgIpc) is 3.47. The third kappa shape index (κ3) is 7.77. The number of alkyl carbamates (subject to hydrolysis) is 1. The van der Waals surface area contributed by atoms with Crippen LogP contribution in [-0.2, 0) is 17.8 Å². The molecule has 0 unspecified atom stereocenters. The Labute approximate surface area is 212 Å². The Morgan fingerprint density at radius 1 is 0.750 bits per heavy atom. The summed E-state index contributed by atoms with van der Waals surface area (Å²) in [5.41, 5.74) is 5.57. The molecule has 186 valence electrons. The van der Waals surface area contributed by atoms with Crippen molar-refractivity contribution in [2.45, 2.75) is 51.6 Å². The summed E-state index contributed by atoms with van der Waals surface area (Å²) >= 11 is 0. The van der Waals surface area contributed by atoms with Crippen LogP contribution < -0.4 is 5.32 Å². The van der Waals surface area contributed by atoms with E-state index in [9.17, 15) is 4.79 Å². The first-order valence-corrected chi connectivity index (χ1v) is 12.7. The second-order valence-corrected chi connectivity index (χ2v) is 8.84. The number of H-pyrrole nitrogens is 1. The Bertz CT molecular complexity index is 1180. The van der Waals surface area contributed by atoms with Gasteiger partial charge in [0.15, 0.2) is 0 Å². The molecule has 1 heterocycles. The molecule has 0 atom stereocenters. The number of rotatable bonds is 13. The topological polar surface area (TPSA) is 92.8 Å². The highest BCUT2D eigenvalue weighted by Gasteiger charge is 2.10. The van der Waals surface area contributed by atoms with Crippen molar-refractivity contribution in [1.29, 1.82) is 0 Å². The molecule has 0 fully saturated rings. The van der Waals surface area contributed by atoms with Crippen LogP contribution in [0.5, 0.6) is 0 Å². The van der Waals surface area contributed by atoms with Gasteiger partial charge in [-0.25, -0.2) is 4.79 Å². The summed E-state index contributed by atoms with van der Waals surface area (Å²) < 4.78 is 5.23. The molecule has 7 nitrogen and oxygen atoms in total. The molecule has 4 aromatic rings. The highest BCUT2D eigenvalue weighted by Crippen LogP contribution is 2.29. The minimum atomic E-state index is -0.344. The molecule has 3 aromatic carbocycles. The zero-order chi connectivity index (χ0) is 24.8. The maximum absolute atomic E-state index is 11.8. The second kappa shape index (κ2) is 13.8. The first kappa shape index (κ1) is 25.1. The highest BCUT2D eigenvalue weighted by atomic mass is 16.5. The van der Waals surface area contributed by atoms with Crippen LogP contribution in [0.1, 0.15) is 49.7 Å². The van der Waals surface area contributed by atoms with Crippen LogP contribution in [0.4, 0.5) is 4.79 Å². The highest BCUT2D eigenvalue weighted by molar-refractivity contribution is 5.80. The van der Waals surface area contributed by atoms with Crippen molar-refractivity contribution in [2.24, 2.45) is 0 Å². The van der Waals surface area contributed by atoms with Gasteiger partial charge in [-0.05, 0) is 46.7 Å². The Morgan fingerprint density at radius 2 is 1.44 bits per heavy atom. The number of hydrogen-bond acceptors (Lipinski definition) is 5. The number of hydrogen-bond donors (Lipinski definition) is 2. The number of tetrazole rings is 1. The van der Waals surface area contributed by atoms with Gasteiger partial charge in [0.2, 0.25) is 5.82 Å². The van der Waals surface area contributed by atoms with Crippen molar-refractivity contribution in [3.63, 3.8) is 0 Å². The fraction of sp³-hybridized carbons (Fsp3) is 0.310. The molecule has 4 rings (SSSR count). The van der Waals surface area contributed by atoms with E-state index < -0.39 is 0 Å². The number of aryl methyl sites for hydroxylation is 1. The first-order chi connectivity index (χ1) is 17.8. The molecule has 0 aliphatic carbocycles. The van der Waals surface area contributed by atoms with E-state index in [0.717, 1.165) is 41.5 Å². The van der Waals surface area contributed by atoms with Crippen LogP contribution in [0.2, 0.25) is 0 Å². The molecule has 0 bridgehead atoms. The predicted octanol–water partition coefficient (Wildman–Crippen LogP) is 6.34. The summed E-state index contributed by atoms with van der Waals surface area (Å²) in [5.74, 6) is 0.605. The number of nitrogens with one attached hydrogen (secondary N) is 2. The Hall–Kier alpha value is -4.00. The van der Waals surface area contributed by atoms with E-state index in [1.165, 1.54) is 31.2 Å². The lowest BCUT2D eigenvalue weighted by atomic mass is 9.97. The fourth-order valence-corrected chi connectivity index (χ4v) is 4.18. The van der Waals surface area contributed by atoms with Crippen molar-refractivity contribution >= 4 is 6.09 Å². The van der Waals surface area contributed by atoms with Gasteiger partial charge in [-0.15, -0.1) is 10.2 Å². The lowest BCUT2D eigenvalue weighted by molar-refractivity contribution is 0.139. The molecule has 1 amide bonds. The van der Waals surface area contributed by atoms with Crippen LogP contribution in [0.25, 0.3) is 22.5 Å². The van der Waals surface area contributed by atoms with Gasteiger partial charge in [0.05, 0.1) is 0 Å². The van der Waals surface area contributed by atoms with Crippen LogP contribution in [-0.4, -0.2) is 33.3 Å². The number of ether oxygens (including phenoxy) is 1. The Balaban J connectivity index is 1.07. The zero-order valence-electron chi connectivity index (χ0n) is 20.5. The standard InChI is InChI=1S/C29H33N5O2/c35-29(36-22-24-13-7-5-8-14-24)30-21-11-4-2-1-3-6-12-23-17-19-25(20-18-23)26-15-9-10-16-27(26)28-31-33-34-32-28/h5,7-10,13-20H,1-4,6,11-12,21-22H2,(H,30,35)(H,31,32,33,34). The molecule has 0 saturated heterocycles. The van der Waals surface area contributed by atoms with Gasteiger partial charge in [-0.2, -0.15) is 5.21 Å². The molecule has 7 heteroatoms. The molecule has 0 saturated carbocycles. The van der Waals surface area contributed by atoms with E-state index in [4.69, 9.17) is 4.74 Å². The summed E-state index contributed by atoms with van der Waals surface area (Å²) in [6.45, 7) is 0.971. The van der Waals surface area contributed by atoms with Gasteiger partial charge in [0, 0.05) is 12.1 Å². The molecule has 0 spiro atoms. The van der Waals surface area contributed by atoms with E-state index in [0.29, 0.717) is 19.0 Å². The number of nitrogens with zero attached hydrogens (tertiary/aromatic N) is 3. The monoisotopic (exact) mass is 483 g/mol. The van der Waals surface area contributed by atoms with Gasteiger partial charge in [0.1, 0.15) is 6.61 Å². The second-order valence-electron chi connectivity index (χ2n) is 8.84. The van der Waals surface area contributed by atoms with Crippen molar-refractivity contribution < 1.29 is 9.53 Å². The van der Waals surface area contributed by atoms with E-state index in [1.54, 1.807) is 0 Å². The van der Waals surface area contributed by atoms with E-state index in [1.807, 2.05) is 48.5 Å². The predicted molar refractivity (Wildman–Crippen MR) is 141 cm³/mol. The fourth-order valence-electron chi connectivity index (χ4n) is 4.18. The minimum absolute atomic E-state index is 0.308. The number of carbonyl (C=O) groups excluding carboxylic acids is 1. The third-order valence-corrected chi connectivity index (χ3v) is 6.15. The number of amides is 1. The first-order valence-electron chi connectivity index (χ1n) is 12.7. The molecule has 1 aromatic heterocycles. The molecular weight excluding hydrogens is 450 g/mol. The quantitative estimate of drug-likeness (QED) is 0.216. The van der Waals surface area contributed by atoms with Crippen molar-refractivity contribution in [2.75, 3.05) is 6.54 Å². The molecule has 0 aliphatic heterocycles. The molecule has 0 radical (unpaired) electrons. The van der Waals surface area contributed by atoms with Crippen LogP contribution in [0, 0.1) is 0 Å². The molecular formula is C29H33N5O2. The number of aromatic nitrogens is 4. The van der Waals surface area contributed by atoms with Crippen molar-refractivity contribution in [3.05, 3.63) is 90.0 Å². The maximum atomic E-state index is 11.8. The SMILES string of the molecule is O=C(NCCCCCCCCc1ccc(-c2ccccc2-c2nn[nH]n2)cc1)OCc1ccccc1. The minimum Gasteiger partial charge on any atom is -0.445 e. The summed E-state index contributed by atoms with van der Waals surface area (Å²) in [6, 6.07) is 26.6. The summed E-state index contributed by atoms with van der Waals surface area (Å²) in [5, 5.41) is 17.3. The van der Waals surface area contributed by atoms with Crippen LogP contribution in [0.15, 0.2) is 78.9 Å². The maximum Gasteiger partial charge on any atom is 0.407 e. The lowest BCUT2D eigenvalue weighted by Gasteiger charge is -2.08. The normalized spacial score (nSPS) is 10.8. The average molecular weight is 484 g/mol. The van der Waals surface area contributed by atoms with E-state index >= 15 is 0 Å². The van der Waals surface area contributed by atoms with Gasteiger partial charge >= 0.3 is 6.09 Å². The number of aromatic amines is 1. The van der Waals surface area contributed by atoms with Crippen LogP contribution in [0.3, 0.4) is 0 Å².